The number of aliphatic hydroxyl groups excluding tert-OH is 1. The minimum atomic E-state index is -0.602. The van der Waals surface area contributed by atoms with E-state index in [2.05, 4.69) is 11.1 Å². The Morgan fingerprint density at radius 2 is 2.00 bits per heavy atom. The van der Waals surface area contributed by atoms with E-state index in [1.165, 1.54) is 5.56 Å². The van der Waals surface area contributed by atoms with Gasteiger partial charge < -0.3 is 14.6 Å². The molecule has 1 N–H and O–H groups in total. The normalized spacial score (nSPS) is 24.4. The van der Waals surface area contributed by atoms with Crippen LogP contribution in [0.1, 0.15) is 23.6 Å². The zero-order chi connectivity index (χ0) is 14.2. The van der Waals surface area contributed by atoms with Gasteiger partial charge in [0.1, 0.15) is 12.7 Å². The fraction of sp³-hybridized carbons (Fsp3) is 0.353. The lowest BCUT2D eigenvalue weighted by Crippen LogP contribution is -2.42. The Hall–Kier alpha value is -2.07. The van der Waals surface area contributed by atoms with E-state index in [0.717, 1.165) is 24.3 Å². The molecule has 0 fully saturated rings. The number of pyridine rings is 1. The highest BCUT2D eigenvalue weighted by atomic mass is 16.6. The molecule has 1 aromatic carbocycles. The van der Waals surface area contributed by atoms with Crippen LogP contribution in [-0.2, 0) is 6.42 Å². The molecule has 0 amide bonds. The van der Waals surface area contributed by atoms with Crippen LogP contribution < -0.4 is 9.47 Å². The molecule has 4 heteroatoms. The first-order chi connectivity index (χ1) is 10.3. The Bertz CT molecular complexity index is 658. The van der Waals surface area contributed by atoms with Gasteiger partial charge in [-0.15, -0.1) is 0 Å². The largest absolute Gasteiger partial charge is 0.486 e. The average molecular weight is 283 g/mol. The van der Waals surface area contributed by atoms with Crippen molar-refractivity contribution in [2.75, 3.05) is 6.61 Å². The quantitative estimate of drug-likeness (QED) is 0.919. The van der Waals surface area contributed by atoms with Crippen LogP contribution in [-0.4, -0.2) is 28.9 Å². The predicted octanol–water partition coefficient (Wildman–Crippen LogP) is 2.31. The van der Waals surface area contributed by atoms with Gasteiger partial charge in [0, 0.05) is 17.8 Å². The summed E-state index contributed by atoms with van der Waals surface area (Å²) < 4.78 is 11.6. The third kappa shape index (κ3) is 2.16. The topological polar surface area (TPSA) is 51.6 Å². The smallest absolute Gasteiger partial charge is 0.161 e. The van der Waals surface area contributed by atoms with E-state index in [9.17, 15) is 5.11 Å². The van der Waals surface area contributed by atoms with Crippen molar-refractivity contribution < 1.29 is 14.6 Å². The lowest BCUT2D eigenvalue weighted by Gasteiger charge is -2.32. The first-order valence-electron chi connectivity index (χ1n) is 7.33. The van der Waals surface area contributed by atoms with Crippen LogP contribution >= 0.6 is 0 Å². The van der Waals surface area contributed by atoms with Gasteiger partial charge in [-0.25, -0.2) is 0 Å². The summed E-state index contributed by atoms with van der Waals surface area (Å²) in [6, 6.07) is 11.6. The maximum atomic E-state index is 10.7. The fourth-order valence-electron chi connectivity index (χ4n) is 3.24. The molecule has 4 nitrogen and oxygen atoms in total. The number of aliphatic hydroxyl groups is 1. The third-order valence-corrected chi connectivity index (χ3v) is 4.33. The zero-order valence-electron chi connectivity index (χ0n) is 11.6. The summed E-state index contributed by atoms with van der Waals surface area (Å²) >= 11 is 0. The van der Waals surface area contributed by atoms with E-state index in [1.807, 2.05) is 30.3 Å². The highest BCUT2D eigenvalue weighted by molar-refractivity contribution is 5.41. The molecule has 2 heterocycles. The Morgan fingerprint density at radius 3 is 2.90 bits per heavy atom. The molecule has 2 aliphatic rings. The fourth-order valence-corrected chi connectivity index (χ4v) is 3.24. The maximum Gasteiger partial charge on any atom is 0.161 e. The van der Waals surface area contributed by atoms with Gasteiger partial charge in [-0.2, -0.15) is 0 Å². The average Bonchev–Trinajstić information content (AvgIpc) is 2.98. The molecule has 0 saturated heterocycles. The molecule has 21 heavy (non-hydrogen) atoms. The highest BCUT2D eigenvalue weighted by Gasteiger charge is 2.37. The zero-order valence-corrected chi connectivity index (χ0v) is 11.6. The minimum absolute atomic E-state index is 0.0278. The predicted molar refractivity (Wildman–Crippen MR) is 77.7 cm³/mol. The van der Waals surface area contributed by atoms with Crippen LogP contribution in [0.3, 0.4) is 0 Å². The van der Waals surface area contributed by atoms with Gasteiger partial charge in [0.05, 0.1) is 0 Å². The summed E-state index contributed by atoms with van der Waals surface area (Å²) in [5.74, 6) is 1.47. The van der Waals surface area contributed by atoms with Crippen molar-refractivity contribution in [2.45, 2.75) is 31.0 Å². The van der Waals surface area contributed by atoms with E-state index in [0.29, 0.717) is 12.4 Å². The van der Waals surface area contributed by atoms with E-state index >= 15 is 0 Å². The third-order valence-electron chi connectivity index (χ3n) is 4.33. The van der Waals surface area contributed by atoms with Crippen LogP contribution in [0, 0.1) is 0 Å². The second kappa shape index (κ2) is 5.04. The summed E-state index contributed by atoms with van der Waals surface area (Å²) in [6.07, 6.45) is 2.72. The molecule has 0 saturated carbocycles. The Kier molecular flexibility index (Phi) is 3.04. The number of para-hydroxylation sites is 2. The molecule has 1 aliphatic heterocycles. The Morgan fingerprint density at radius 1 is 1.14 bits per heavy atom. The van der Waals surface area contributed by atoms with Gasteiger partial charge >= 0.3 is 0 Å². The Labute approximate surface area is 123 Å². The summed E-state index contributed by atoms with van der Waals surface area (Å²) in [5.41, 5.74) is 2.24. The molecule has 1 aliphatic carbocycles. The number of benzene rings is 1. The molecule has 3 unspecified atom stereocenters. The first-order valence-corrected chi connectivity index (χ1v) is 7.33. The van der Waals surface area contributed by atoms with Crippen molar-refractivity contribution >= 4 is 0 Å². The minimum Gasteiger partial charge on any atom is -0.486 e. The van der Waals surface area contributed by atoms with Crippen LogP contribution in [0.5, 0.6) is 11.5 Å². The number of ether oxygens (including phenoxy) is 2. The highest BCUT2D eigenvalue weighted by Crippen LogP contribution is 2.38. The van der Waals surface area contributed by atoms with Crippen LogP contribution in [0.2, 0.25) is 0 Å². The number of fused-ring (bicyclic) bond motifs is 2. The van der Waals surface area contributed by atoms with E-state index in [4.69, 9.17) is 9.47 Å². The molecule has 0 spiro atoms. The van der Waals surface area contributed by atoms with Crippen LogP contribution in [0.25, 0.3) is 0 Å². The number of hydrogen-bond donors (Lipinski definition) is 1. The number of aryl methyl sites for hydroxylation is 1. The molecule has 2 aromatic rings. The standard InChI is InChI=1S/C17H17NO3/c19-17(12-8-7-11-4-3-9-18-16(11)12)15-10-20-13-5-1-2-6-14(13)21-15/h1-6,9,12,15,17,19H,7-8,10H2. The summed E-state index contributed by atoms with van der Waals surface area (Å²) in [4.78, 5) is 4.44. The summed E-state index contributed by atoms with van der Waals surface area (Å²) in [5, 5.41) is 10.7. The van der Waals surface area contributed by atoms with Crippen molar-refractivity contribution in [1.29, 1.82) is 0 Å². The molecular formula is C17H17NO3. The molecule has 108 valence electrons. The molecule has 1 aromatic heterocycles. The number of hydrogen-bond acceptors (Lipinski definition) is 4. The van der Waals surface area contributed by atoms with E-state index < -0.39 is 6.10 Å². The Balaban J connectivity index is 1.56. The lowest BCUT2D eigenvalue weighted by molar-refractivity contribution is -0.0232. The monoisotopic (exact) mass is 283 g/mol. The van der Waals surface area contributed by atoms with Gasteiger partial charge in [0.25, 0.3) is 0 Å². The van der Waals surface area contributed by atoms with Crippen LogP contribution in [0.15, 0.2) is 42.6 Å². The van der Waals surface area contributed by atoms with Gasteiger partial charge in [0.15, 0.2) is 17.6 Å². The summed E-state index contributed by atoms with van der Waals surface area (Å²) in [6.45, 7) is 0.372. The molecule has 0 radical (unpaired) electrons. The van der Waals surface area contributed by atoms with E-state index in [-0.39, 0.29) is 12.0 Å². The number of rotatable bonds is 2. The first kappa shape index (κ1) is 12.7. The van der Waals surface area contributed by atoms with E-state index in [1.54, 1.807) is 6.20 Å². The second-order valence-electron chi connectivity index (χ2n) is 5.60. The number of aromatic nitrogens is 1. The van der Waals surface area contributed by atoms with Gasteiger partial charge in [-0.1, -0.05) is 18.2 Å². The molecule has 0 bridgehead atoms. The van der Waals surface area contributed by atoms with Crippen molar-refractivity contribution in [1.82, 2.24) is 4.98 Å². The SMILES string of the molecule is OC(C1COc2ccccc2O1)C1CCc2cccnc21. The van der Waals surface area contributed by atoms with Gasteiger partial charge in [-0.05, 0) is 36.6 Å². The van der Waals surface area contributed by atoms with Crippen molar-refractivity contribution in [3.63, 3.8) is 0 Å². The summed E-state index contributed by atoms with van der Waals surface area (Å²) in [7, 11) is 0. The molecular weight excluding hydrogens is 266 g/mol. The molecule has 4 rings (SSSR count). The van der Waals surface area contributed by atoms with Gasteiger partial charge in [-0.3, -0.25) is 4.98 Å². The lowest BCUT2D eigenvalue weighted by atomic mass is 9.95. The van der Waals surface area contributed by atoms with Crippen LogP contribution in [0.4, 0.5) is 0 Å². The van der Waals surface area contributed by atoms with Crippen molar-refractivity contribution in [2.24, 2.45) is 0 Å². The second-order valence-corrected chi connectivity index (χ2v) is 5.60. The number of nitrogens with zero attached hydrogens (tertiary/aromatic N) is 1. The maximum absolute atomic E-state index is 10.7. The van der Waals surface area contributed by atoms with Crippen molar-refractivity contribution in [3.8, 4) is 11.5 Å². The molecule has 3 atom stereocenters. The van der Waals surface area contributed by atoms with Gasteiger partial charge in [0.2, 0.25) is 0 Å². The van der Waals surface area contributed by atoms with Crippen molar-refractivity contribution in [3.05, 3.63) is 53.9 Å².